The van der Waals surface area contributed by atoms with Crippen molar-refractivity contribution in [1.82, 2.24) is 10.6 Å². The first kappa shape index (κ1) is 17.8. The predicted octanol–water partition coefficient (Wildman–Crippen LogP) is 1.99. The fourth-order valence-corrected chi connectivity index (χ4v) is 3.08. The van der Waals surface area contributed by atoms with Gasteiger partial charge in [0.05, 0.1) is 12.7 Å². The number of nitrogens with one attached hydrogen (secondary N) is 2. The third-order valence-corrected chi connectivity index (χ3v) is 4.34. The lowest BCUT2D eigenvalue weighted by Gasteiger charge is -2.44. The highest BCUT2D eigenvalue weighted by Gasteiger charge is 2.51. The molecule has 1 fully saturated rings. The van der Waals surface area contributed by atoms with Crippen molar-refractivity contribution in [3.8, 4) is 0 Å². The molecule has 2 amide bonds. The van der Waals surface area contributed by atoms with Crippen LogP contribution in [0.1, 0.15) is 47.0 Å². The highest BCUT2D eigenvalue weighted by Crippen LogP contribution is 2.38. The number of carboxylic acids is 1. The number of carboxylic acid groups (broad SMARTS) is 1. The van der Waals surface area contributed by atoms with Gasteiger partial charge < -0.3 is 20.5 Å². The molecule has 0 saturated heterocycles. The molecule has 1 rings (SSSR count). The number of carbonyl (C=O) groups is 2. The van der Waals surface area contributed by atoms with Crippen molar-refractivity contribution >= 4 is 12.0 Å². The summed E-state index contributed by atoms with van der Waals surface area (Å²) in [5.41, 5.74) is -1.18. The molecular formula is C15H28N2O4. The second kappa shape index (κ2) is 7.64. The largest absolute Gasteiger partial charge is 0.479 e. The Balaban J connectivity index is 2.62. The first-order chi connectivity index (χ1) is 9.80. The number of carbonyl (C=O) groups excluding carboxylic acids is 1. The van der Waals surface area contributed by atoms with E-state index in [1.165, 1.54) is 0 Å². The molecule has 0 aliphatic heterocycles. The summed E-state index contributed by atoms with van der Waals surface area (Å²) >= 11 is 0. The number of ether oxygens (including phenoxy) is 1. The number of rotatable bonds is 6. The van der Waals surface area contributed by atoms with E-state index in [2.05, 4.69) is 10.6 Å². The first-order valence-corrected chi connectivity index (χ1v) is 7.71. The summed E-state index contributed by atoms with van der Waals surface area (Å²) in [4.78, 5) is 23.8. The summed E-state index contributed by atoms with van der Waals surface area (Å²) in [7, 11) is 0. The van der Waals surface area contributed by atoms with E-state index in [1.54, 1.807) is 0 Å². The molecule has 1 aliphatic carbocycles. The van der Waals surface area contributed by atoms with E-state index in [1.807, 2.05) is 27.7 Å². The highest BCUT2D eigenvalue weighted by molar-refractivity contribution is 5.87. The minimum Gasteiger partial charge on any atom is -0.479 e. The number of aliphatic carboxylic acids is 1. The summed E-state index contributed by atoms with van der Waals surface area (Å²) < 4.78 is 5.34. The molecule has 6 nitrogen and oxygen atoms in total. The second-order valence-electron chi connectivity index (χ2n) is 6.21. The smallest absolute Gasteiger partial charge is 0.330 e. The molecule has 0 aromatic rings. The average Bonchev–Trinajstić information content (AvgIpc) is 2.38. The highest BCUT2D eigenvalue weighted by atomic mass is 16.5. The van der Waals surface area contributed by atoms with Gasteiger partial charge in [0.15, 0.2) is 0 Å². The Labute approximate surface area is 126 Å². The van der Waals surface area contributed by atoms with Crippen LogP contribution in [0.2, 0.25) is 0 Å². The number of amides is 2. The van der Waals surface area contributed by atoms with Crippen molar-refractivity contribution in [2.45, 2.75) is 58.6 Å². The zero-order chi connectivity index (χ0) is 16.0. The standard InChI is InChI=1S/C15H28N2O4/c1-10(2)21-9-8-16-14(20)17-15(13(18)19)11(3)6-5-7-12(15)4/h10-12H,5-9H2,1-4H3,(H,18,19)(H2,16,17,20). The van der Waals surface area contributed by atoms with Gasteiger partial charge in [0.2, 0.25) is 0 Å². The van der Waals surface area contributed by atoms with Crippen molar-refractivity contribution in [3.05, 3.63) is 0 Å². The molecule has 0 heterocycles. The first-order valence-electron chi connectivity index (χ1n) is 7.71. The number of urea groups is 1. The van der Waals surface area contributed by atoms with Gasteiger partial charge in [-0.25, -0.2) is 9.59 Å². The van der Waals surface area contributed by atoms with E-state index in [0.29, 0.717) is 13.2 Å². The Morgan fingerprint density at radius 3 is 2.33 bits per heavy atom. The molecule has 0 bridgehead atoms. The molecule has 0 aromatic carbocycles. The average molecular weight is 300 g/mol. The van der Waals surface area contributed by atoms with E-state index >= 15 is 0 Å². The van der Waals surface area contributed by atoms with Crippen LogP contribution in [-0.4, -0.2) is 41.9 Å². The van der Waals surface area contributed by atoms with Crippen LogP contribution < -0.4 is 10.6 Å². The van der Waals surface area contributed by atoms with Crippen LogP contribution in [0.4, 0.5) is 4.79 Å². The second-order valence-corrected chi connectivity index (χ2v) is 6.21. The Bertz CT molecular complexity index is 361. The Kier molecular flexibility index (Phi) is 6.45. The van der Waals surface area contributed by atoms with Gasteiger partial charge in [0.25, 0.3) is 0 Å². The summed E-state index contributed by atoms with van der Waals surface area (Å²) in [6, 6.07) is -0.439. The monoisotopic (exact) mass is 300 g/mol. The summed E-state index contributed by atoms with van der Waals surface area (Å²) in [5, 5.41) is 15.0. The Morgan fingerprint density at radius 1 is 1.29 bits per heavy atom. The molecule has 21 heavy (non-hydrogen) atoms. The zero-order valence-electron chi connectivity index (χ0n) is 13.4. The third-order valence-electron chi connectivity index (χ3n) is 4.34. The molecule has 6 heteroatoms. The van der Waals surface area contributed by atoms with Gasteiger partial charge in [-0.15, -0.1) is 0 Å². The van der Waals surface area contributed by atoms with Crippen molar-refractivity contribution in [2.24, 2.45) is 11.8 Å². The predicted molar refractivity (Wildman–Crippen MR) is 80.2 cm³/mol. The molecule has 0 radical (unpaired) electrons. The van der Waals surface area contributed by atoms with Crippen molar-refractivity contribution < 1.29 is 19.4 Å². The summed E-state index contributed by atoms with van der Waals surface area (Å²) in [5.74, 6) is -1.12. The van der Waals surface area contributed by atoms with Crippen LogP contribution in [0.15, 0.2) is 0 Å². The van der Waals surface area contributed by atoms with E-state index in [-0.39, 0.29) is 17.9 Å². The van der Waals surface area contributed by atoms with E-state index in [4.69, 9.17) is 4.74 Å². The van der Waals surface area contributed by atoms with Crippen molar-refractivity contribution in [1.29, 1.82) is 0 Å². The number of hydrogen-bond acceptors (Lipinski definition) is 3. The summed E-state index contributed by atoms with van der Waals surface area (Å²) in [6.45, 7) is 8.41. The van der Waals surface area contributed by atoms with Crippen LogP contribution in [0.25, 0.3) is 0 Å². The van der Waals surface area contributed by atoms with Gasteiger partial charge in [0.1, 0.15) is 5.54 Å². The molecule has 122 valence electrons. The van der Waals surface area contributed by atoms with Crippen LogP contribution in [0, 0.1) is 11.8 Å². The molecule has 0 aromatic heterocycles. The maximum Gasteiger partial charge on any atom is 0.330 e. The third kappa shape index (κ3) is 4.33. The van der Waals surface area contributed by atoms with Gasteiger partial charge in [0, 0.05) is 6.54 Å². The Hall–Kier alpha value is -1.30. The summed E-state index contributed by atoms with van der Waals surface area (Å²) in [6.07, 6.45) is 2.74. The zero-order valence-corrected chi connectivity index (χ0v) is 13.4. The number of hydrogen-bond donors (Lipinski definition) is 3. The van der Waals surface area contributed by atoms with Crippen LogP contribution in [-0.2, 0) is 9.53 Å². The van der Waals surface area contributed by atoms with Crippen LogP contribution in [0.5, 0.6) is 0 Å². The lowest BCUT2D eigenvalue weighted by Crippen LogP contribution is -2.65. The van der Waals surface area contributed by atoms with Gasteiger partial charge in [-0.3, -0.25) is 0 Å². The fourth-order valence-electron chi connectivity index (χ4n) is 3.08. The molecule has 0 spiro atoms. The van der Waals surface area contributed by atoms with Crippen molar-refractivity contribution in [3.63, 3.8) is 0 Å². The quantitative estimate of drug-likeness (QED) is 0.655. The van der Waals surface area contributed by atoms with Crippen LogP contribution in [0.3, 0.4) is 0 Å². The molecule has 2 unspecified atom stereocenters. The van der Waals surface area contributed by atoms with Crippen LogP contribution >= 0.6 is 0 Å². The maximum atomic E-state index is 12.0. The molecular weight excluding hydrogens is 272 g/mol. The lowest BCUT2D eigenvalue weighted by molar-refractivity contribution is -0.151. The molecule has 2 atom stereocenters. The molecule has 1 saturated carbocycles. The van der Waals surface area contributed by atoms with Gasteiger partial charge in [-0.2, -0.15) is 0 Å². The van der Waals surface area contributed by atoms with E-state index < -0.39 is 17.5 Å². The fraction of sp³-hybridized carbons (Fsp3) is 0.867. The van der Waals surface area contributed by atoms with Gasteiger partial charge in [-0.05, 0) is 38.5 Å². The minimum absolute atomic E-state index is 0.0867. The normalized spacial score (nSPS) is 29.2. The van der Waals surface area contributed by atoms with E-state index in [9.17, 15) is 14.7 Å². The molecule has 1 aliphatic rings. The van der Waals surface area contributed by atoms with Gasteiger partial charge >= 0.3 is 12.0 Å². The van der Waals surface area contributed by atoms with Crippen molar-refractivity contribution in [2.75, 3.05) is 13.2 Å². The molecule has 3 N–H and O–H groups in total. The van der Waals surface area contributed by atoms with Gasteiger partial charge in [-0.1, -0.05) is 20.3 Å². The SMILES string of the molecule is CC(C)OCCNC(=O)NC1(C(=O)O)C(C)CCCC1C. The lowest BCUT2D eigenvalue weighted by atomic mass is 9.67. The minimum atomic E-state index is -1.18. The topological polar surface area (TPSA) is 87.7 Å². The van der Waals surface area contributed by atoms with E-state index in [0.717, 1.165) is 19.3 Å². The maximum absolute atomic E-state index is 12.0. The Morgan fingerprint density at radius 2 is 1.86 bits per heavy atom.